The topological polar surface area (TPSA) is 49.4 Å². The first-order chi connectivity index (χ1) is 9.96. The summed E-state index contributed by atoms with van der Waals surface area (Å²) in [6, 6.07) is 0.899. The zero-order valence-electron chi connectivity index (χ0n) is 13.7. The molecule has 4 nitrogen and oxygen atoms in total. The second kappa shape index (κ2) is 7.93. The van der Waals surface area contributed by atoms with Crippen molar-refractivity contribution < 1.29 is 8.42 Å². The molecule has 0 aromatic carbocycles. The lowest BCUT2D eigenvalue weighted by Gasteiger charge is -2.32. The Bertz CT molecular complexity index is 403. The third-order valence-corrected chi connectivity index (χ3v) is 6.64. The highest BCUT2D eigenvalue weighted by atomic mass is 32.2. The van der Waals surface area contributed by atoms with Crippen molar-refractivity contribution in [3.8, 4) is 0 Å². The molecule has 2 fully saturated rings. The second-order valence-corrected chi connectivity index (χ2v) is 9.44. The fraction of sp³-hybridized carbons (Fsp3) is 1.00. The average Bonchev–Trinajstić information content (AvgIpc) is 2.91. The van der Waals surface area contributed by atoms with Gasteiger partial charge in [0.2, 0.25) is 0 Å². The predicted molar refractivity (Wildman–Crippen MR) is 88.3 cm³/mol. The van der Waals surface area contributed by atoms with Gasteiger partial charge in [-0.25, -0.2) is 8.42 Å². The molecule has 2 aliphatic rings. The number of rotatable bonds is 7. The van der Waals surface area contributed by atoms with Crippen LogP contribution in [0.25, 0.3) is 0 Å². The molecule has 1 saturated heterocycles. The molecule has 1 heterocycles. The van der Waals surface area contributed by atoms with Gasteiger partial charge < -0.3 is 10.2 Å². The minimum Gasteiger partial charge on any atom is -0.312 e. The van der Waals surface area contributed by atoms with E-state index in [0.717, 1.165) is 24.9 Å². The largest absolute Gasteiger partial charge is 0.312 e. The summed E-state index contributed by atoms with van der Waals surface area (Å²) < 4.78 is 23.4. The number of nitrogens with zero attached hydrogens (tertiary/aromatic N) is 1. The van der Waals surface area contributed by atoms with Crippen molar-refractivity contribution >= 4 is 9.84 Å². The molecule has 0 radical (unpaired) electrons. The molecular formula is C16H32N2O2S. The van der Waals surface area contributed by atoms with E-state index >= 15 is 0 Å². The molecule has 1 N–H and O–H groups in total. The van der Waals surface area contributed by atoms with Crippen molar-refractivity contribution in [3.05, 3.63) is 0 Å². The normalized spacial score (nSPS) is 26.8. The Morgan fingerprint density at radius 2 is 1.90 bits per heavy atom. The summed E-state index contributed by atoms with van der Waals surface area (Å²) in [4.78, 5) is 2.63. The highest BCUT2D eigenvalue weighted by molar-refractivity contribution is 7.91. The SMILES string of the molecule is CC(C)CCN(CCC1CS(=O)(=O)CCN1)C1CCCC1. The Balaban J connectivity index is 1.82. The van der Waals surface area contributed by atoms with Crippen LogP contribution in [-0.2, 0) is 9.84 Å². The molecule has 0 amide bonds. The molecule has 5 heteroatoms. The third-order valence-electron chi connectivity index (χ3n) is 4.90. The quantitative estimate of drug-likeness (QED) is 0.781. The molecule has 0 aromatic rings. The van der Waals surface area contributed by atoms with Crippen molar-refractivity contribution in [2.24, 2.45) is 5.92 Å². The van der Waals surface area contributed by atoms with Gasteiger partial charge in [0.25, 0.3) is 0 Å². The summed E-state index contributed by atoms with van der Waals surface area (Å²) in [7, 11) is -2.81. The zero-order valence-corrected chi connectivity index (χ0v) is 14.5. The second-order valence-electron chi connectivity index (χ2n) is 7.21. The Morgan fingerprint density at radius 3 is 2.52 bits per heavy atom. The highest BCUT2D eigenvalue weighted by Crippen LogP contribution is 2.24. The molecule has 1 unspecified atom stereocenters. The lowest BCUT2D eigenvalue weighted by atomic mass is 10.1. The minimum atomic E-state index is -2.81. The van der Waals surface area contributed by atoms with Crippen molar-refractivity contribution in [2.45, 2.75) is 64.5 Å². The van der Waals surface area contributed by atoms with Crippen LogP contribution in [0.1, 0.15) is 52.4 Å². The average molecular weight is 317 g/mol. The van der Waals surface area contributed by atoms with Gasteiger partial charge in [-0.3, -0.25) is 0 Å². The molecule has 1 aliphatic heterocycles. The Labute approximate surface area is 130 Å². The number of sulfone groups is 1. The van der Waals surface area contributed by atoms with Crippen LogP contribution in [0.4, 0.5) is 0 Å². The first kappa shape index (κ1) is 17.2. The summed E-state index contributed by atoms with van der Waals surface area (Å²) in [5.74, 6) is 1.38. The van der Waals surface area contributed by atoms with Gasteiger partial charge in [-0.2, -0.15) is 0 Å². The monoisotopic (exact) mass is 316 g/mol. The molecular weight excluding hydrogens is 284 g/mol. The fourth-order valence-corrected chi connectivity index (χ4v) is 5.04. The van der Waals surface area contributed by atoms with Gasteiger partial charge in [-0.1, -0.05) is 26.7 Å². The molecule has 1 aliphatic carbocycles. The minimum absolute atomic E-state index is 0.159. The summed E-state index contributed by atoms with van der Waals surface area (Å²) in [5.41, 5.74) is 0. The highest BCUT2D eigenvalue weighted by Gasteiger charge is 2.27. The maximum Gasteiger partial charge on any atom is 0.153 e. The first-order valence-electron chi connectivity index (χ1n) is 8.64. The Hall–Kier alpha value is -0.130. The van der Waals surface area contributed by atoms with E-state index in [1.165, 1.54) is 38.6 Å². The first-order valence-corrected chi connectivity index (χ1v) is 10.5. The van der Waals surface area contributed by atoms with Gasteiger partial charge >= 0.3 is 0 Å². The molecule has 1 saturated carbocycles. The van der Waals surface area contributed by atoms with E-state index in [1.807, 2.05) is 0 Å². The van der Waals surface area contributed by atoms with Crippen LogP contribution >= 0.6 is 0 Å². The summed E-state index contributed by atoms with van der Waals surface area (Å²) in [5, 5.41) is 3.38. The molecule has 0 aromatic heterocycles. The van der Waals surface area contributed by atoms with Crippen LogP contribution in [0.2, 0.25) is 0 Å². The number of hydrogen-bond donors (Lipinski definition) is 1. The van der Waals surface area contributed by atoms with Crippen LogP contribution in [0.3, 0.4) is 0 Å². The van der Waals surface area contributed by atoms with E-state index in [4.69, 9.17) is 0 Å². The predicted octanol–water partition coefficient (Wildman–Crippen LogP) is 2.05. The number of hydrogen-bond acceptors (Lipinski definition) is 4. The van der Waals surface area contributed by atoms with Gasteiger partial charge in [0.05, 0.1) is 11.5 Å². The van der Waals surface area contributed by atoms with Gasteiger partial charge in [-0.05, 0) is 44.7 Å². The molecule has 1 atom stereocenters. The van der Waals surface area contributed by atoms with E-state index in [9.17, 15) is 8.42 Å². The maximum atomic E-state index is 11.7. The van der Waals surface area contributed by atoms with Gasteiger partial charge in [0, 0.05) is 18.6 Å². The van der Waals surface area contributed by atoms with Crippen LogP contribution < -0.4 is 5.32 Å². The van der Waals surface area contributed by atoms with E-state index in [0.29, 0.717) is 18.1 Å². The fourth-order valence-electron chi connectivity index (χ4n) is 3.54. The summed E-state index contributed by atoms with van der Waals surface area (Å²) in [6.45, 7) is 7.40. The van der Waals surface area contributed by atoms with Gasteiger partial charge in [0.1, 0.15) is 0 Å². The van der Waals surface area contributed by atoms with Crippen molar-refractivity contribution in [2.75, 3.05) is 31.1 Å². The summed E-state index contributed by atoms with van der Waals surface area (Å²) in [6.07, 6.45) is 7.58. The third kappa shape index (κ3) is 5.87. The van der Waals surface area contributed by atoms with Gasteiger partial charge in [-0.15, -0.1) is 0 Å². The van der Waals surface area contributed by atoms with E-state index in [2.05, 4.69) is 24.1 Å². The molecule has 124 valence electrons. The van der Waals surface area contributed by atoms with E-state index in [1.54, 1.807) is 0 Å². The molecule has 0 bridgehead atoms. The van der Waals surface area contributed by atoms with Crippen LogP contribution in [0, 0.1) is 5.92 Å². The van der Waals surface area contributed by atoms with Gasteiger partial charge in [0.15, 0.2) is 9.84 Å². The number of nitrogens with one attached hydrogen (secondary N) is 1. The Morgan fingerprint density at radius 1 is 1.19 bits per heavy atom. The van der Waals surface area contributed by atoms with Crippen molar-refractivity contribution in [3.63, 3.8) is 0 Å². The van der Waals surface area contributed by atoms with Crippen LogP contribution in [0.15, 0.2) is 0 Å². The maximum absolute atomic E-state index is 11.7. The summed E-state index contributed by atoms with van der Waals surface area (Å²) >= 11 is 0. The lowest BCUT2D eigenvalue weighted by molar-refractivity contribution is 0.180. The smallest absolute Gasteiger partial charge is 0.153 e. The zero-order chi connectivity index (χ0) is 15.3. The molecule has 21 heavy (non-hydrogen) atoms. The van der Waals surface area contributed by atoms with Crippen LogP contribution in [-0.4, -0.2) is 56.5 Å². The van der Waals surface area contributed by atoms with Crippen molar-refractivity contribution in [1.82, 2.24) is 10.2 Å². The standard InChI is InChI=1S/C16H32N2O2S/c1-14(2)7-10-18(16-5-3-4-6-16)11-8-15-13-21(19,20)12-9-17-15/h14-17H,3-13H2,1-2H3. The van der Waals surface area contributed by atoms with Crippen LogP contribution in [0.5, 0.6) is 0 Å². The molecule has 0 spiro atoms. The van der Waals surface area contributed by atoms with E-state index < -0.39 is 9.84 Å². The molecule has 2 rings (SSSR count). The van der Waals surface area contributed by atoms with E-state index in [-0.39, 0.29) is 6.04 Å². The van der Waals surface area contributed by atoms with Crippen molar-refractivity contribution in [1.29, 1.82) is 0 Å². The Kier molecular flexibility index (Phi) is 6.51. The lowest BCUT2D eigenvalue weighted by Crippen LogP contribution is -2.47.